The summed E-state index contributed by atoms with van der Waals surface area (Å²) in [6.45, 7) is 2.74. The van der Waals surface area contributed by atoms with Gasteiger partial charge in [0.15, 0.2) is 30.5 Å². The Bertz CT molecular complexity index is 891. The number of anilines is 1. The second kappa shape index (κ2) is 10.6. The number of halogens is 3. The van der Waals surface area contributed by atoms with Crippen LogP contribution in [0.3, 0.4) is 0 Å². The number of likely N-dealkylation sites (N-methyl/N-ethyl adjacent to an activating group) is 2. The van der Waals surface area contributed by atoms with Crippen LogP contribution in [-0.2, 0) is 16.1 Å². The largest absolute Gasteiger partial charge is 0.494 e. The van der Waals surface area contributed by atoms with E-state index in [-0.39, 0.29) is 19.0 Å². The molecule has 0 radical (unpaired) electrons. The summed E-state index contributed by atoms with van der Waals surface area (Å²) in [5, 5.41) is 2.19. The Morgan fingerprint density at radius 1 is 1.03 bits per heavy atom. The Balaban J connectivity index is 1.84. The molecule has 0 fully saturated rings. The second-order valence-corrected chi connectivity index (χ2v) is 6.91. The topological polar surface area (TPSA) is 63.1 Å². The van der Waals surface area contributed by atoms with Gasteiger partial charge in [0.25, 0.3) is 11.8 Å². The van der Waals surface area contributed by atoms with Crippen molar-refractivity contribution >= 4 is 17.5 Å². The van der Waals surface area contributed by atoms with Crippen LogP contribution in [0.15, 0.2) is 36.4 Å². The lowest BCUT2D eigenvalue weighted by molar-refractivity contribution is -0.862. The zero-order valence-electron chi connectivity index (χ0n) is 17.1. The molecular formula is C21H25F3N3O3+. The molecule has 0 aromatic heterocycles. The number of rotatable bonds is 9. The van der Waals surface area contributed by atoms with Gasteiger partial charge in [0.1, 0.15) is 5.75 Å². The highest BCUT2D eigenvalue weighted by molar-refractivity contribution is 5.91. The van der Waals surface area contributed by atoms with Gasteiger partial charge in [-0.3, -0.25) is 9.59 Å². The first-order valence-corrected chi connectivity index (χ1v) is 9.41. The van der Waals surface area contributed by atoms with Crippen molar-refractivity contribution in [1.29, 1.82) is 0 Å². The molecular weight excluding hydrogens is 399 g/mol. The molecule has 0 bridgehead atoms. The first kappa shape index (κ1) is 23.2. The van der Waals surface area contributed by atoms with Crippen LogP contribution in [0, 0.1) is 17.5 Å². The lowest BCUT2D eigenvalue weighted by Crippen LogP contribution is -3.11. The smallest absolute Gasteiger partial charge is 0.279 e. The zero-order chi connectivity index (χ0) is 22.3. The number of nitrogens with zero attached hydrogens (tertiary/aromatic N) is 1. The van der Waals surface area contributed by atoms with Gasteiger partial charge in [-0.05, 0) is 36.8 Å². The number of benzene rings is 2. The maximum absolute atomic E-state index is 13.6. The number of quaternary nitrogens is 1. The van der Waals surface area contributed by atoms with E-state index in [1.807, 2.05) is 31.2 Å². The van der Waals surface area contributed by atoms with E-state index in [0.29, 0.717) is 18.1 Å². The van der Waals surface area contributed by atoms with E-state index >= 15 is 0 Å². The summed E-state index contributed by atoms with van der Waals surface area (Å²) < 4.78 is 45.2. The van der Waals surface area contributed by atoms with E-state index in [4.69, 9.17) is 4.74 Å². The van der Waals surface area contributed by atoms with Gasteiger partial charge in [-0.25, -0.2) is 13.2 Å². The maximum atomic E-state index is 13.6. The lowest BCUT2D eigenvalue weighted by atomic mass is 10.2. The van der Waals surface area contributed by atoms with Crippen LogP contribution in [0.25, 0.3) is 0 Å². The van der Waals surface area contributed by atoms with Crippen LogP contribution in [0.4, 0.5) is 18.9 Å². The van der Waals surface area contributed by atoms with Crippen LogP contribution < -0.4 is 15.0 Å². The van der Waals surface area contributed by atoms with Crippen LogP contribution >= 0.6 is 0 Å². The average molecular weight is 424 g/mol. The van der Waals surface area contributed by atoms with Crippen LogP contribution in [0.2, 0.25) is 0 Å². The fraction of sp³-hybridized carbons (Fsp3) is 0.333. The third-order valence-electron chi connectivity index (χ3n) is 4.30. The van der Waals surface area contributed by atoms with E-state index < -0.39 is 29.0 Å². The number of hydrogen-bond donors (Lipinski definition) is 2. The maximum Gasteiger partial charge on any atom is 0.279 e. The Morgan fingerprint density at radius 2 is 1.70 bits per heavy atom. The summed E-state index contributed by atoms with van der Waals surface area (Å²) in [5.74, 6) is -4.52. The van der Waals surface area contributed by atoms with Gasteiger partial charge in [0, 0.05) is 13.6 Å². The predicted molar refractivity (Wildman–Crippen MR) is 106 cm³/mol. The molecule has 0 aliphatic rings. The number of carbonyl (C=O) groups is 2. The molecule has 30 heavy (non-hydrogen) atoms. The molecule has 0 heterocycles. The van der Waals surface area contributed by atoms with Gasteiger partial charge in [0.05, 0.1) is 19.3 Å². The molecule has 0 saturated carbocycles. The summed E-state index contributed by atoms with van der Waals surface area (Å²) in [6.07, 6.45) is 0. The quantitative estimate of drug-likeness (QED) is 0.602. The SMILES string of the molecule is CCOc1ccc(CN(C)C(=O)C[NH+](C)CC(=O)Nc2ccc(F)c(F)c2F)cc1. The van der Waals surface area contributed by atoms with Gasteiger partial charge in [0.2, 0.25) is 0 Å². The number of amides is 2. The Hall–Kier alpha value is -3.07. The van der Waals surface area contributed by atoms with Crippen molar-refractivity contribution in [3.05, 3.63) is 59.4 Å². The van der Waals surface area contributed by atoms with Crippen LogP contribution in [-0.4, -0.2) is 50.5 Å². The molecule has 2 rings (SSSR count). The first-order chi connectivity index (χ1) is 14.2. The van der Waals surface area contributed by atoms with Crippen LogP contribution in [0.5, 0.6) is 5.75 Å². The van der Waals surface area contributed by atoms with E-state index in [9.17, 15) is 22.8 Å². The average Bonchev–Trinajstić information content (AvgIpc) is 2.70. The monoisotopic (exact) mass is 424 g/mol. The highest BCUT2D eigenvalue weighted by atomic mass is 19.2. The van der Waals surface area contributed by atoms with Crippen molar-refractivity contribution in [2.75, 3.05) is 39.1 Å². The molecule has 0 spiro atoms. The van der Waals surface area contributed by atoms with E-state index in [2.05, 4.69) is 5.32 Å². The minimum absolute atomic E-state index is 0.0290. The molecule has 1 atom stereocenters. The third-order valence-corrected chi connectivity index (χ3v) is 4.30. The molecule has 1 unspecified atom stereocenters. The summed E-state index contributed by atoms with van der Waals surface area (Å²) in [4.78, 5) is 26.5. The summed E-state index contributed by atoms with van der Waals surface area (Å²) >= 11 is 0. The Kier molecular flexibility index (Phi) is 8.23. The van der Waals surface area contributed by atoms with Crippen molar-refractivity contribution in [2.24, 2.45) is 0 Å². The standard InChI is InChI=1S/C21H24F3N3O3/c1-4-30-15-7-5-14(6-8-15)11-27(3)19(29)13-26(2)12-18(28)25-17-10-9-16(22)20(23)21(17)24/h5-10H,4,11-13H2,1-3H3,(H,25,28)/p+1. The number of hydrogen-bond acceptors (Lipinski definition) is 3. The molecule has 162 valence electrons. The second-order valence-electron chi connectivity index (χ2n) is 6.91. The van der Waals surface area contributed by atoms with Crippen molar-refractivity contribution in [3.8, 4) is 5.75 Å². The van der Waals surface area contributed by atoms with Crippen molar-refractivity contribution in [1.82, 2.24) is 4.90 Å². The van der Waals surface area contributed by atoms with Crippen molar-refractivity contribution < 1.29 is 32.4 Å². The number of ether oxygens (including phenoxy) is 1. The fourth-order valence-electron chi connectivity index (χ4n) is 2.77. The highest BCUT2D eigenvalue weighted by Crippen LogP contribution is 2.19. The predicted octanol–water partition coefficient (Wildman–Crippen LogP) is 1.61. The van der Waals surface area contributed by atoms with Gasteiger partial charge < -0.3 is 19.9 Å². The Labute approximate surface area is 173 Å². The van der Waals surface area contributed by atoms with E-state index in [1.54, 1.807) is 14.1 Å². The van der Waals surface area contributed by atoms with E-state index in [0.717, 1.165) is 23.4 Å². The molecule has 2 N–H and O–H groups in total. The lowest BCUT2D eigenvalue weighted by Gasteiger charge is -2.20. The van der Waals surface area contributed by atoms with Crippen molar-refractivity contribution in [2.45, 2.75) is 13.5 Å². The number of carbonyl (C=O) groups excluding carboxylic acids is 2. The molecule has 2 amide bonds. The fourth-order valence-corrected chi connectivity index (χ4v) is 2.77. The normalized spacial score (nSPS) is 11.7. The molecule has 2 aromatic carbocycles. The third kappa shape index (κ3) is 6.48. The first-order valence-electron chi connectivity index (χ1n) is 9.41. The number of nitrogens with one attached hydrogen (secondary N) is 2. The molecule has 6 nitrogen and oxygen atoms in total. The summed E-state index contributed by atoms with van der Waals surface area (Å²) in [7, 11) is 3.28. The van der Waals surface area contributed by atoms with Gasteiger partial charge in [-0.1, -0.05) is 12.1 Å². The minimum atomic E-state index is -1.65. The highest BCUT2D eigenvalue weighted by Gasteiger charge is 2.20. The Morgan fingerprint density at radius 3 is 2.33 bits per heavy atom. The molecule has 9 heteroatoms. The molecule has 2 aromatic rings. The van der Waals surface area contributed by atoms with Gasteiger partial charge in [-0.2, -0.15) is 0 Å². The summed E-state index contributed by atoms with van der Waals surface area (Å²) in [6, 6.07) is 9.07. The van der Waals surface area contributed by atoms with Gasteiger partial charge in [-0.15, -0.1) is 0 Å². The van der Waals surface area contributed by atoms with Crippen LogP contribution in [0.1, 0.15) is 12.5 Å². The van der Waals surface area contributed by atoms with Gasteiger partial charge >= 0.3 is 0 Å². The summed E-state index contributed by atoms with van der Waals surface area (Å²) in [5.41, 5.74) is 0.476. The zero-order valence-corrected chi connectivity index (χ0v) is 17.1. The molecule has 0 aliphatic carbocycles. The minimum Gasteiger partial charge on any atom is -0.494 e. The molecule has 0 saturated heterocycles. The molecule has 0 aliphatic heterocycles. The van der Waals surface area contributed by atoms with E-state index in [1.165, 1.54) is 4.90 Å². The van der Waals surface area contributed by atoms with Crippen molar-refractivity contribution in [3.63, 3.8) is 0 Å².